The lowest BCUT2D eigenvalue weighted by molar-refractivity contribution is -0.634. The van der Waals surface area contributed by atoms with Crippen molar-refractivity contribution in [1.29, 1.82) is 0 Å². The van der Waals surface area contributed by atoms with Gasteiger partial charge in [-0.05, 0) is 143 Å². The Bertz CT molecular complexity index is 1710. The maximum absolute atomic E-state index is 5.02. The van der Waals surface area contributed by atoms with Crippen LogP contribution in [0.5, 0.6) is 0 Å². The van der Waals surface area contributed by atoms with Crippen molar-refractivity contribution in [3.63, 3.8) is 0 Å². The summed E-state index contributed by atoms with van der Waals surface area (Å²) in [6.07, 6.45) is 7.00. The molecule has 0 spiro atoms. The fourth-order valence-corrected chi connectivity index (χ4v) is 6.95. The van der Waals surface area contributed by atoms with E-state index < -0.39 is 0 Å². The molecule has 3 nitrogen and oxygen atoms in total. The van der Waals surface area contributed by atoms with Gasteiger partial charge in [-0.2, -0.15) is 0 Å². The minimum absolute atomic E-state index is 0.0581. The minimum atomic E-state index is -0.180. The minimum Gasteiger partial charge on any atom is -0.376 e. The highest BCUT2D eigenvalue weighted by molar-refractivity contribution is 5.88. The van der Waals surface area contributed by atoms with Gasteiger partial charge in [0.2, 0.25) is 0 Å². The Morgan fingerprint density at radius 3 is 2.08 bits per heavy atom. The van der Waals surface area contributed by atoms with Crippen molar-refractivity contribution < 1.29 is 5.32 Å². The van der Waals surface area contributed by atoms with Crippen molar-refractivity contribution in [2.75, 3.05) is 5.32 Å². The lowest BCUT2D eigenvalue weighted by atomic mass is 9.85. The van der Waals surface area contributed by atoms with Crippen LogP contribution in [0.15, 0.2) is 77.8 Å². The van der Waals surface area contributed by atoms with Crippen molar-refractivity contribution in [3.05, 3.63) is 111 Å². The molecule has 0 radical (unpaired) electrons. The number of benzene rings is 3. The first kappa shape index (κ1) is 26.5. The number of quaternary nitrogens is 1. The number of hydrogen-bond donors (Lipinski definition) is 2. The number of nitrogens with two attached hydrogens (primary N) is 1. The van der Waals surface area contributed by atoms with Crippen LogP contribution in [0.4, 0.5) is 11.4 Å². The van der Waals surface area contributed by atoms with Crippen LogP contribution in [0.3, 0.4) is 0 Å². The number of hydrogen-bond acceptors (Lipinski definition) is 2. The van der Waals surface area contributed by atoms with Crippen LogP contribution in [0, 0.1) is 0 Å². The molecule has 3 N–H and O–H groups in total. The van der Waals surface area contributed by atoms with Gasteiger partial charge in [-0.1, -0.05) is 24.3 Å². The third kappa shape index (κ3) is 4.77. The summed E-state index contributed by atoms with van der Waals surface area (Å²) in [5.74, 6) is 0. The average Bonchev–Trinajstić information content (AvgIpc) is 2.83. The molecule has 0 aliphatic carbocycles. The summed E-state index contributed by atoms with van der Waals surface area (Å²) in [5, 5.41) is 8.38. The Morgan fingerprint density at radius 2 is 1.32 bits per heavy atom. The van der Waals surface area contributed by atoms with Gasteiger partial charge < -0.3 is 10.6 Å². The lowest BCUT2D eigenvalue weighted by Crippen LogP contribution is -2.90. The van der Waals surface area contributed by atoms with Crippen LogP contribution < -0.4 is 21.2 Å². The molecule has 0 saturated carbocycles. The zero-order chi connectivity index (χ0) is 28.6. The predicted octanol–water partition coefficient (Wildman–Crippen LogP) is 6.75. The van der Waals surface area contributed by atoms with Gasteiger partial charge in [0, 0.05) is 28.4 Å². The molecule has 0 saturated heterocycles. The topological polar surface area (TPSA) is 41.0 Å². The molecule has 40 heavy (non-hydrogen) atoms. The Balaban J connectivity index is 1.62. The van der Waals surface area contributed by atoms with Crippen molar-refractivity contribution in [1.82, 2.24) is 0 Å². The van der Waals surface area contributed by atoms with Crippen molar-refractivity contribution in [2.24, 2.45) is 4.99 Å². The van der Waals surface area contributed by atoms with Crippen LogP contribution in [-0.4, -0.2) is 16.6 Å². The number of rotatable bonds is 2. The second-order valence-corrected chi connectivity index (χ2v) is 13.7. The summed E-state index contributed by atoms with van der Waals surface area (Å²) in [6, 6.07) is 20.7. The molecular weight excluding hydrogens is 486 g/mol. The highest BCUT2D eigenvalue weighted by Crippen LogP contribution is 2.37. The third-order valence-electron chi connectivity index (χ3n) is 8.34. The third-order valence-corrected chi connectivity index (χ3v) is 8.34. The monoisotopic (exact) mass is 528 g/mol. The van der Waals surface area contributed by atoms with Gasteiger partial charge >= 0.3 is 0 Å². The SMILES string of the molecule is CC1=CC(C)(C)Nc2ccc(C(c3ccc4c(c3)C(C)=CC(C)(C)[NH2+]4)=c3ccc4c(c3)C(C)=CC(C)(C)N=4)cc21. The van der Waals surface area contributed by atoms with Crippen LogP contribution in [0.2, 0.25) is 0 Å². The maximum atomic E-state index is 5.02. The lowest BCUT2D eigenvalue weighted by Gasteiger charge is -2.32. The van der Waals surface area contributed by atoms with E-state index >= 15 is 0 Å². The summed E-state index contributed by atoms with van der Waals surface area (Å²) >= 11 is 0. The molecule has 0 atom stereocenters. The van der Waals surface area contributed by atoms with Crippen LogP contribution >= 0.6 is 0 Å². The number of nitrogens with one attached hydrogen (secondary N) is 1. The van der Waals surface area contributed by atoms with Gasteiger partial charge in [-0.25, -0.2) is 0 Å². The summed E-state index contributed by atoms with van der Waals surface area (Å²) in [7, 11) is 0. The second-order valence-electron chi connectivity index (χ2n) is 13.7. The summed E-state index contributed by atoms with van der Waals surface area (Å²) in [5.41, 5.74) is 13.8. The fourth-order valence-electron chi connectivity index (χ4n) is 6.95. The number of fused-ring (bicyclic) bond motifs is 3. The van der Waals surface area contributed by atoms with E-state index in [0.29, 0.717) is 0 Å². The van der Waals surface area contributed by atoms with E-state index in [4.69, 9.17) is 4.99 Å². The van der Waals surface area contributed by atoms with E-state index in [0.717, 1.165) is 5.36 Å². The number of allylic oxidation sites excluding steroid dienone is 3. The van der Waals surface area contributed by atoms with Crippen LogP contribution in [-0.2, 0) is 0 Å². The van der Waals surface area contributed by atoms with Crippen LogP contribution in [0.25, 0.3) is 22.3 Å². The second kappa shape index (κ2) is 8.91. The molecule has 3 aliphatic heterocycles. The van der Waals surface area contributed by atoms with Crippen molar-refractivity contribution in [3.8, 4) is 0 Å². The Labute approximate surface area is 239 Å². The van der Waals surface area contributed by atoms with E-state index in [-0.39, 0.29) is 16.6 Å². The van der Waals surface area contributed by atoms with Crippen molar-refractivity contribution in [2.45, 2.75) is 78.9 Å². The van der Waals surface area contributed by atoms with Crippen LogP contribution in [0.1, 0.15) is 90.1 Å². The first-order chi connectivity index (χ1) is 18.7. The van der Waals surface area contributed by atoms with E-state index in [9.17, 15) is 0 Å². The van der Waals surface area contributed by atoms with Gasteiger partial charge in [0.15, 0.2) is 0 Å². The van der Waals surface area contributed by atoms with E-state index in [2.05, 4.69) is 146 Å². The predicted molar refractivity (Wildman–Crippen MR) is 170 cm³/mol. The molecule has 3 heteroatoms. The summed E-state index contributed by atoms with van der Waals surface area (Å²) in [4.78, 5) is 5.02. The molecule has 3 heterocycles. The summed E-state index contributed by atoms with van der Waals surface area (Å²) in [6.45, 7) is 20.0. The zero-order valence-corrected chi connectivity index (χ0v) is 25.5. The Hall–Kier alpha value is -3.69. The molecule has 6 rings (SSSR count). The highest BCUT2D eigenvalue weighted by atomic mass is 15.0. The van der Waals surface area contributed by atoms with Gasteiger partial charge in [0.25, 0.3) is 0 Å². The molecule has 0 unspecified atom stereocenters. The van der Waals surface area contributed by atoms with Gasteiger partial charge in [0.1, 0.15) is 11.2 Å². The quantitative estimate of drug-likeness (QED) is 0.355. The molecule has 204 valence electrons. The number of nitrogens with zero attached hydrogens (tertiary/aromatic N) is 1. The first-order valence-corrected chi connectivity index (χ1v) is 14.5. The molecule has 0 fully saturated rings. The van der Waals surface area contributed by atoms with Crippen molar-refractivity contribution >= 4 is 33.7 Å². The largest absolute Gasteiger partial charge is 0.376 e. The van der Waals surface area contributed by atoms with E-state index in [1.807, 2.05) is 0 Å². The molecule has 0 amide bonds. The standard InChI is InChI=1S/C37H41N3/c1-22-19-35(4,5)38-31-13-10-25(16-28(22)31)34(26-11-14-32-29(17-26)23(2)20-36(6,7)39-32)27-12-15-33-30(18-27)24(3)21-37(8,9)40-33/h10-21,38-39H,1-9H3/p+1. The number of anilines is 1. The summed E-state index contributed by atoms with van der Waals surface area (Å²) < 4.78 is 0. The molecule has 0 aromatic heterocycles. The van der Waals surface area contributed by atoms with Gasteiger partial charge in [-0.3, -0.25) is 4.99 Å². The highest BCUT2D eigenvalue weighted by Gasteiger charge is 2.28. The molecule has 3 aromatic carbocycles. The fraction of sp³-hybridized carbons (Fsp3) is 0.324. The molecule has 3 aromatic rings. The Kier molecular flexibility index (Phi) is 5.91. The maximum Gasteiger partial charge on any atom is 0.137 e. The van der Waals surface area contributed by atoms with E-state index in [1.54, 1.807) is 0 Å². The van der Waals surface area contributed by atoms with Gasteiger partial charge in [0.05, 0.1) is 16.4 Å². The van der Waals surface area contributed by atoms with Gasteiger partial charge in [-0.15, -0.1) is 0 Å². The molecule has 3 aliphatic rings. The van der Waals surface area contributed by atoms with E-state index in [1.165, 1.54) is 66.7 Å². The zero-order valence-electron chi connectivity index (χ0n) is 25.5. The normalized spacial score (nSPS) is 20.4. The smallest absolute Gasteiger partial charge is 0.137 e. The molecular formula is C37H42N3+. The average molecular weight is 529 g/mol. The Morgan fingerprint density at radius 1 is 0.675 bits per heavy atom. The first-order valence-electron chi connectivity index (χ1n) is 14.5. The molecule has 0 bridgehead atoms.